The molecular weight excluding hydrogens is 244 g/mol. The summed E-state index contributed by atoms with van der Waals surface area (Å²) in [7, 11) is 0. The minimum atomic E-state index is -0.316. The van der Waals surface area contributed by atoms with E-state index in [9.17, 15) is 4.79 Å². The Kier molecular flexibility index (Phi) is 7.63. The molecule has 106 valence electrons. The molecule has 0 aromatic rings. The second-order valence-electron chi connectivity index (χ2n) is 4.33. The molecule has 1 aliphatic rings. The first-order valence-corrected chi connectivity index (χ1v) is 6.70. The van der Waals surface area contributed by atoms with E-state index in [4.69, 9.17) is 10.00 Å². The van der Waals surface area contributed by atoms with Gasteiger partial charge in [-0.25, -0.2) is 0 Å². The van der Waals surface area contributed by atoms with Gasteiger partial charge in [0, 0.05) is 38.9 Å². The maximum atomic E-state index is 11.6. The van der Waals surface area contributed by atoms with Crippen LogP contribution in [0.2, 0.25) is 0 Å². The number of morpholine rings is 1. The zero-order chi connectivity index (χ0) is 13.9. The van der Waals surface area contributed by atoms with Gasteiger partial charge in [-0.1, -0.05) is 6.92 Å². The molecule has 0 radical (unpaired) electrons. The van der Waals surface area contributed by atoms with Gasteiger partial charge in [-0.3, -0.25) is 9.69 Å². The van der Waals surface area contributed by atoms with Gasteiger partial charge in [0.15, 0.2) is 0 Å². The number of nitriles is 1. The lowest BCUT2D eigenvalue weighted by atomic mass is 10.3. The van der Waals surface area contributed by atoms with Crippen molar-refractivity contribution >= 4 is 5.91 Å². The Labute approximate surface area is 114 Å². The Morgan fingerprint density at radius 3 is 2.79 bits per heavy atom. The Balaban J connectivity index is 2.24. The first kappa shape index (κ1) is 15.5. The van der Waals surface area contributed by atoms with Gasteiger partial charge in [-0.15, -0.1) is 0 Å². The van der Waals surface area contributed by atoms with E-state index >= 15 is 0 Å². The highest BCUT2D eigenvalue weighted by Gasteiger charge is 2.09. The van der Waals surface area contributed by atoms with Crippen LogP contribution in [-0.2, 0) is 9.53 Å². The molecule has 0 aromatic heterocycles. The highest BCUT2D eigenvalue weighted by atomic mass is 16.5. The third-order valence-electron chi connectivity index (χ3n) is 2.82. The smallest absolute Gasteiger partial charge is 0.263 e. The number of nitrogens with one attached hydrogen (secondary N) is 2. The lowest BCUT2D eigenvalue weighted by Crippen LogP contribution is -2.39. The van der Waals surface area contributed by atoms with E-state index < -0.39 is 0 Å². The summed E-state index contributed by atoms with van der Waals surface area (Å²) in [6.07, 6.45) is 2.35. The van der Waals surface area contributed by atoms with Crippen molar-refractivity contribution in [2.45, 2.75) is 13.3 Å². The van der Waals surface area contributed by atoms with Crippen molar-refractivity contribution in [1.82, 2.24) is 15.5 Å². The van der Waals surface area contributed by atoms with Crippen molar-refractivity contribution in [1.29, 1.82) is 5.26 Å². The number of rotatable bonds is 7. The van der Waals surface area contributed by atoms with Crippen LogP contribution >= 0.6 is 0 Å². The summed E-state index contributed by atoms with van der Waals surface area (Å²) >= 11 is 0. The van der Waals surface area contributed by atoms with Gasteiger partial charge in [0.05, 0.1) is 13.2 Å². The van der Waals surface area contributed by atoms with Crippen molar-refractivity contribution in [2.75, 3.05) is 45.9 Å². The van der Waals surface area contributed by atoms with E-state index in [0.717, 1.165) is 39.3 Å². The minimum Gasteiger partial charge on any atom is -0.388 e. The number of hydrogen-bond acceptors (Lipinski definition) is 5. The summed E-state index contributed by atoms with van der Waals surface area (Å²) in [4.78, 5) is 13.8. The van der Waals surface area contributed by atoms with Crippen LogP contribution in [0.25, 0.3) is 0 Å². The summed E-state index contributed by atoms with van der Waals surface area (Å²) in [5.41, 5.74) is 0.121. The zero-order valence-electron chi connectivity index (χ0n) is 11.4. The molecule has 1 saturated heterocycles. The van der Waals surface area contributed by atoms with E-state index in [1.54, 1.807) is 0 Å². The third kappa shape index (κ3) is 6.22. The molecule has 1 heterocycles. The average Bonchev–Trinajstić information content (AvgIpc) is 2.46. The van der Waals surface area contributed by atoms with Crippen LogP contribution in [-0.4, -0.2) is 56.7 Å². The molecule has 0 bridgehead atoms. The summed E-state index contributed by atoms with van der Waals surface area (Å²) in [6.45, 7) is 7.59. The van der Waals surface area contributed by atoms with Crippen molar-refractivity contribution in [3.8, 4) is 6.07 Å². The fourth-order valence-corrected chi connectivity index (χ4v) is 1.70. The number of amides is 1. The first-order chi connectivity index (χ1) is 9.27. The van der Waals surface area contributed by atoms with Crippen LogP contribution in [0.1, 0.15) is 13.3 Å². The van der Waals surface area contributed by atoms with Gasteiger partial charge in [0.2, 0.25) is 0 Å². The third-order valence-corrected chi connectivity index (χ3v) is 2.82. The standard InChI is InChI=1S/C13H22N4O2/c1-2-3-16-13(18)12(10-14)11-15-4-5-17-6-8-19-9-7-17/h11,15H,2-9H2,1H3,(H,16,18)/b12-11-. The lowest BCUT2D eigenvalue weighted by molar-refractivity contribution is -0.117. The van der Waals surface area contributed by atoms with E-state index in [1.807, 2.05) is 13.0 Å². The van der Waals surface area contributed by atoms with E-state index in [1.165, 1.54) is 6.20 Å². The number of hydrogen-bond donors (Lipinski definition) is 2. The maximum absolute atomic E-state index is 11.6. The van der Waals surface area contributed by atoms with Crippen LogP contribution < -0.4 is 10.6 Å². The average molecular weight is 266 g/mol. The molecule has 0 unspecified atom stereocenters. The van der Waals surface area contributed by atoms with Gasteiger partial charge in [0.1, 0.15) is 11.6 Å². The molecule has 6 nitrogen and oxygen atoms in total. The largest absolute Gasteiger partial charge is 0.388 e. The molecule has 0 saturated carbocycles. The topological polar surface area (TPSA) is 77.4 Å². The molecule has 0 atom stereocenters. The lowest BCUT2D eigenvalue weighted by Gasteiger charge is -2.26. The molecule has 1 rings (SSSR count). The van der Waals surface area contributed by atoms with Crippen molar-refractivity contribution < 1.29 is 9.53 Å². The number of carbonyl (C=O) groups is 1. The minimum absolute atomic E-state index is 0.121. The van der Waals surface area contributed by atoms with Crippen LogP contribution in [0.15, 0.2) is 11.8 Å². The second kappa shape index (κ2) is 9.36. The van der Waals surface area contributed by atoms with E-state index in [0.29, 0.717) is 13.1 Å². The number of nitrogens with zero attached hydrogens (tertiary/aromatic N) is 2. The second-order valence-corrected chi connectivity index (χ2v) is 4.33. The van der Waals surface area contributed by atoms with Gasteiger partial charge >= 0.3 is 0 Å². The van der Waals surface area contributed by atoms with Crippen molar-refractivity contribution in [3.05, 3.63) is 11.8 Å². The van der Waals surface area contributed by atoms with Gasteiger partial charge < -0.3 is 15.4 Å². The van der Waals surface area contributed by atoms with Gasteiger partial charge in [0.25, 0.3) is 5.91 Å². The monoisotopic (exact) mass is 266 g/mol. The predicted molar refractivity (Wildman–Crippen MR) is 72.3 cm³/mol. The Morgan fingerprint density at radius 1 is 1.42 bits per heavy atom. The van der Waals surface area contributed by atoms with E-state index in [2.05, 4.69) is 15.5 Å². The van der Waals surface area contributed by atoms with Crippen molar-refractivity contribution in [2.24, 2.45) is 0 Å². The predicted octanol–water partition coefficient (Wildman–Crippen LogP) is -0.158. The molecule has 1 amide bonds. The number of ether oxygens (including phenoxy) is 1. The molecule has 0 spiro atoms. The fourth-order valence-electron chi connectivity index (χ4n) is 1.70. The van der Waals surface area contributed by atoms with Crippen molar-refractivity contribution in [3.63, 3.8) is 0 Å². The molecule has 1 fully saturated rings. The summed E-state index contributed by atoms with van der Waals surface area (Å²) in [5.74, 6) is -0.316. The molecule has 6 heteroatoms. The molecular formula is C13H22N4O2. The molecule has 1 aliphatic heterocycles. The highest BCUT2D eigenvalue weighted by Crippen LogP contribution is 1.95. The normalized spacial score (nSPS) is 16.7. The zero-order valence-corrected chi connectivity index (χ0v) is 11.4. The SMILES string of the molecule is CCCNC(=O)/C(C#N)=C\NCCN1CCOCC1. The van der Waals surface area contributed by atoms with E-state index in [-0.39, 0.29) is 11.5 Å². The van der Waals surface area contributed by atoms with Gasteiger partial charge in [-0.2, -0.15) is 5.26 Å². The van der Waals surface area contributed by atoms with Crippen LogP contribution in [0.4, 0.5) is 0 Å². The van der Waals surface area contributed by atoms with Crippen LogP contribution in [0.5, 0.6) is 0 Å². The van der Waals surface area contributed by atoms with Gasteiger partial charge in [-0.05, 0) is 6.42 Å². The molecule has 2 N–H and O–H groups in total. The fraction of sp³-hybridized carbons (Fsp3) is 0.692. The first-order valence-electron chi connectivity index (χ1n) is 6.70. The van der Waals surface area contributed by atoms with Crippen LogP contribution in [0.3, 0.4) is 0 Å². The Hall–Kier alpha value is -1.58. The Morgan fingerprint density at radius 2 is 2.16 bits per heavy atom. The highest BCUT2D eigenvalue weighted by molar-refractivity contribution is 5.97. The number of carbonyl (C=O) groups excluding carboxylic acids is 1. The Bertz CT molecular complexity index is 343. The molecule has 19 heavy (non-hydrogen) atoms. The quantitative estimate of drug-likeness (QED) is 0.380. The molecule has 0 aliphatic carbocycles. The summed E-state index contributed by atoms with van der Waals surface area (Å²) in [6, 6.07) is 1.90. The molecule has 0 aromatic carbocycles. The summed E-state index contributed by atoms with van der Waals surface area (Å²) in [5, 5.41) is 14.6. The summed E-state index contributed by atoms with van der Waals surface area (Å²) < 4.78 is 5.26. The van der Waals surface area contributed by atoms with Crippen LogP contribution in [0, 0.1) is 11.3 Å². The maximum Gasteiger partial charge on any atom is 0.263 e.